The van der Waals surface area contributed by atoms with Gasteiger partial charge in [0.1, 0.15) is 30.3 Å². The third-order valence-electron chi connectivity index (χ3n) is 11.9. The van der Waals surface area contributed by atoms with Crippen molar-refractivity contribution in [1.82, 2.24) is 15.1 Å². The first kappa shape index (κ1) is 38.5. The molecular weight excluding hydrogens is 700 g/mol. The van der Waals surface area contributed by atoms with Gasteiger partial charge in [-0.1, -0.05) is 38.1 Å². The average Bonchev–Trinajstić information content (AvgIpc) is 3.45. The van der Waals surface area contributed by atoms with Gasteiger partial charge in [0.15, 0.2) is 0 Å². The van der Waals surface area contributed by atoms with E-state index in [0.29, 0.717) is 35.3 Å². The molecule has 3 saturated heterocycles. The topological polar surface area (TPSA) is 149 Å². The lowest BCUT2D eigenvalue weighted by molar-refractivity contribution is -0.136. The molecule has 0 radical (unpaired) electrons. The van der Waals surface area contributed by atoms with Crippen LogP contribution in [0.5, 0.6) is 11.5 Å². The van der Waals surface area contributed by atoms with E-state index in [1.54, 1.807) is 12.1 Å². The fourth-order valence-electron chi connectivity index (χ4n) is 8.29. The number of carbonyl (C=O) groups excluding carboxylic acids is 4. The maximum atomic E-state index is 13.3. The van der Waals surface area contributed by atoms with Gasteiger partial charge < -0.3 is 29.5 Å². The molecule has 7 rings (SSSR count). The largest absolute Gasteiger partial charge is 0.493 e. The molecule has 4 aliphatic rings. The molecule has 0 aromatic heterocycles. The maximum absolute atomic E-state index is 13.3. The highest BCUT2D eigenvalue weighted by Crippen LogP contribution is 2.35. The van der Waals surface area contributed by atoms with Crippen LogP contribution in [0.4, 0.5) is 5.69 Å². The van der Waals surface area contributed by atoms with Gasteiger partial charge in [-0.15, -0.1) is 0 Å². The highest BCUT2D eigenvalue weighted by atomic mass is 16.5. The fraction of sp³-hybridized carbons (Fsp3) is 0.488. The predicted molar refractivity (Wildman–Crippen MR) is 206 cm³/mol. The molecule has 12 heteroatoms. The molecule has 0 spiro atoms. The maximum Gasteiger partial charge on any atom is 0.262 e. The number of ether oxygens (including phenoxy) is 2. The van der Waals surface area contributed by atoms with Crippen LogP contribution in [-0.2, 0) is 15.0 Å². The normalized spacial score (nSPS) is 20.8. The quantitative estimate of drug-likeness (QED) is 0.218. The summed E-state index contributed by atoms with van der Waals surface area (Å²) in [5, 5.41) is 20.8. The first-order valence-electron chi connectivity index (χ1n) is 19.6. The third-order valence-corrected chi connectivity index (χ3v) is 11.9. The molecule has 4 aliphatic heterocycles. The second-order valence-electron chi connectivity index (χ2n) is 16.0. The molecule has 1 unspecified atom stereocenters. The van der Waals surface area contributed by atoms with Gasteiger partial charge in [0.25, 0.3) is 11.8 Å². The number of rotatable bonds is 13. The van der Waals surface area contributed by atoms with E-state index in [-0.39, 0.29) is 37.4 Å². The van der Waals surface area contributed by atoms with Crippen molar-refractivity contribution in [2.24, 2.45) is 11.8 Å². The first-order valence-corrected chi connectivity index (χ1v) is 19.6. The number of fused-ring (bicyclic) bond motifs is 1. The Morgan fingerprint density at radius 1 is 0.764 bits per heavy atom. The molecule has 12 nitrogen and oxygen atoms in total. The molecule has 4 amide bonds. The molecular formula is C43H52N4O8. The Labute approximate surface area is 322 Å². The van der Waals surface area contributed by atoms with Crippen molar-refractivity contribution in [3.8, 4) is 11.5 Å². The summed E-state index contributed by atoms with van der Waals surface area (Å²) in [6, 6.07) is 20.7. The minimum atomic E-state index is -0.960. The summed E-state index contributed by atoms with van der Waals surface area (Å²) in [5.41, 5.74) is 3.65. The van der Waals surface area contributed by atoms with E-state index in [9.17, 15) is 24.3 Å². The van der Waals surface area contributed by atoms with Crippen LogP contribution >= 0.6 is 0 Å². The predicted octanol–water partition coefficient (Wildman–Crippen LogP) is 4.15. The lowest BCUT2D eigenvalue weighted by Gasteiger charge is -2.38. The third kappa shape index (κ3) is 8.56. The fourth-order valence-corrected chi connectivity index (χ4v) is 8.29. The second-order valence-corrected chi connectivity index (χ2v) is 16.0. The van der Waals surface area contributed by atoms with Gasteiger partial charge in [-0.3, -0.25) is 29.4 Å². The smallest absolute Gasteiger partial charge is 0.262 e. The van der Waals surface area contributed by atoms with Crippen molar-refractivity contribution >= 4 is 29.3 Å². The zero-order valence-electron chi connectivity index (χ0n) is 31.7. The summed E-state index contributed by atoms with van der Waals surface area (Å²) < 4.78 is 11.8. The number of hydrogen-bond acceptors (Lipinski definition) is 10. The molecule has 4 heterocycles. The highest BCUT2D eigenvalue weighted by molar-refractivity contribution is 6.23. The zero-order chi connectivity index (χ0) is 38.7. The lowest BCUT2D eigenvalue weighted by atomic mass is 9.78. The van der Waals surface area contributed by atoms with Gasteiger partial charge in [-0.05, 0) is 111 Å². The summed E-state index contributed by atoms with van der Waals surface area (Å²) in [7, 11) is 0. The van der Waals surface area contributed by atoms with E-state index in [1.807, 2.05) is 30.3 Å². The Balaban J connectivity index is 0.829. The zero-order valence-corrected chi connectivity index (χ0v) is 31.7. The molecule has 2 atom stereocenters. The van der Waals surface area contributed by atoms with E-state index in [4.69, 9.17) is 14.6 Å². The van der Waals surface area contributed by atoms with Gasteiger partial charge in [0.2, 0.25) is 11.8 Å². The Morgan fingerprint density at radius 2 is 1.36 bits per heavy atom. The summed E-state index contributed by atoms with van der Waals surface area (Å²) in [6.45, 7) is 9.78. The molecule has 292 valence electrons. The summed E-state index contributed by atoms with van der Waals surface area (Å²) in [4.78, 5) is 56.3. The molecule has 3 aromatic rings. The average molecular weight is 753 g/mol. The van der Waals surface area contributed by atoms with E-state index in [1.165, 1.54) is 5.56 Å². The minimum Gasteiger partial charge on any atom is -0.493 e. The highest BCUT2D eigenvalue weighted by Gasteiger charge is 2.45. The standard InChI is InChI=1S/C43H52N4O8/c1-43(2,31-5-10-35(11-6-31)55-27-33(49)25-48)30-3-8-34(9-4-30)54-26-29-15-19-45(20-16-29)24-28-17-21-46(22-18-28)32-7-12-36-37(23-32)42(53)47(41(36)52)38-13-14-39(50)44-40(38)51/h3-12,23,28-29,33,38,48-49H,13-22,24-27H2,1-2H3,(H,44,50,51)/t33-,38?/m1/s1. The van der Waals surface area contributed by atoms with Gasteiger partial charge in [0, 0.05) is 37.2 Å². The van der Waals surface area contributed by atoms with Gasteiger partial charge in [-0.2, -0.15) is 0 Å². The SMILES string of the molecule is CC(C)(c1ccc(OCC2CCN(CC3CCN(c4ccc5c(c4)C(=O)N(C4CCC(=O)NC4=O)C5=O)CC3)CC2)cc1)c1ccc(OC[C@H](O)CO)cc1. The van der Waals surface area contributed by atoms with E-state index >= 15 is 0 Å². The van der Waals surface area contributed by atoms with Crippen LogP contribution in [0, 0.1) is 11.8 Å². The number of anilines is 1. The molecule has 0 aliphatic carbocycles. The Hall–Kier alpha value is -4.78. The molecule has 55 heavy (non-hydrogen) atoms. The van der Waals surface area contributed by atoms with Crippen molar-refractivity contribution < 1.29 is 38.9 Å². The summed E-state index contributed by atoms with van der Waals surface area (Å²) in [5.74, 6) is 0.729. The molecule has 3 N–H and O–H groups in total. The van der Waals surface area contributed by atoms with E-state index in [2.05, 4.69) is 53.2 Å². The second kappa shape index (κ2) is 16.5. The van der Waals surface area contributed by atoms with E-state index < -0.39 is 29.9 Å². The van der Waals surface area contributed by atoms with Crippen molar-refractivity contribution in [3.63, 3.8) is 0 Å². The molecule has 3 aromatic carbocycles. The molecule has 0 bridgehead atoms. The Bertz CT molecular complexity index is 1860. The van der Waals surface area contributed by atoms with E-state index in [0.717, 1.165) is 80.3 Å². The number of nitrogens with zero attached hydrogens (tertiary/aromatic N) is 3. The van der Waals surface area contributed by atoms with Gasteiger partial charge in [0.05, 0.1) is 24.3 Å². The van der Waals surface area contributed by atoms with Crippen LogP contribution in [0.3, 0.4) is 0 Å². The molecule has 3 fully saturated rings. The Morgan fingerprint density at radius 3 is 1.98 bits per heavy atom. The summed E-state index contributed by atoms with van der Waals surface area (Å²) >= 11 is 0. The van der Waals surface area contributed by atoms with Crippen LogP contribution in [-0.4, -0.2) is 108 Å². The monoisotopic (exact) mass is 752 g/mol. The number of imide groups is 2. The van der Waals surface area contributed by atoms with Crippen LogP contribution in [0.1, 0.15) is 84.2 Å². The van der Waals surface area contributed by atoms with Crippen LogP contribution in [0.15, 0.2) is 66.7 Å². The first-order chi connectivity index (χ1) is 26.5. The van der Waals surface area contributed by atoms with Crippen LogP contribution < -0.4 is 19.7 Å². The number of benzene rings is 3. The van der Waals surface area contributed by atoms with Crippen molar-refractivity contribution in [2.45, 2.75) is 69.9 Å². The van der Waals surface area contributed by atoms with Crippen molar-refractivity contribution in [3.05, 3.63) is 89.0 Å². The van der Waals surface area contributed by atoms with Gasteiger partial charge in [-0.25, -0.2) is 0 Å². The number of aliphatic hydroxyl groups is 2. The number of carbonyl (C=O) groups is 4. The molecule has 0 saturated carbocycles. The number of likely N-dealkylation sites (tertiary alicyclic amines) is 1. The van der Waals surface area contributed by atoms with Crippen LogP contribution in [0.2, 0.25) is 0 Å². The summed E-state index contributed by atoms with van der Waals surface area (Å²) in [6.07, 6.45) is 3.68. The minimum absolute atomic E-state index is 0.0507. The van der Waals surface area contributed by atoms with Crippen LogP contribution in [0.25, 0.3) is 0 Å². The number of nitrogens with one attached hydrogen (secondary N) is 1. The number of hydrogen-bond donors (Lipinski definition) is 3. The van der Waals surface area contributed by atoms with Crippen molar-refractivity contribution in [2.75, 3.05) is 57.4 Å². The number of aliphatic hydroxyl groups excluding tert-OH is 2. The number of piperidine rings is 3. The lowest BCUT2D eigenvalue weighted by Crippen LogP contribution is -2.54. The number of amides is 4. The van der Waals surface area contributed by atoms with Gasteiger partial charge >= 0.3 is 0 Å². The van der Waals surface area contributed by atoms with Crippen molar-refractivity contribution in [1.29, 1.82) is 0 Å². The Kier molecular flexibility index (Phi) is 11.6.